The first-order valence-corrected chi connectivity index (χ1v) is 8.11. The van der Waals surface area contributed by atoms with Crippen LogP contribution in [-0.2, 0) is 9.53 Å². The Morgan fingerprint density at radius 3 is 2.73 bits per heavy atom. The quantitative estimate of drug-likeness (QED) is 0.381. The molecule has 0 aliphatic heterocycles. The van der Waals surface area contributed by atoms with Crippen molar-refractivity contribution in [2.75, 3.05) is 7.11 Å². The number of hydrogen-bond donors (Lipinski definition) is 1. The fraction of sp³-hybridized carbons (Fsp3) is 0.632. The third kappa shape index (κ3) is 13.3. The van der Waals surface area contributed by atoms with Gasteiger partial charge in [0, 0.05) is 6.42 Å². The molecule has 0 amide bonds. The Morgan fingerprint density at radius 2 is 2.00 bits per heavy atom. The molecule has 0 aliphatic rings. The zero-order chi connectivity index (χ0) is 16.5. The first kappa shape index (κ1) is 20.3. The van der Waals surface area contributed by atoms with Gasteiger partial charge in [-0.15, -0.1) is 0 Å². The van der Waals surface area contributed by atoms with Gasteiger partial charge in [-0.1, -0.05) is 44.1 Å². The summed E-state index contributed by atoms with van der Waals surface area (Å²) in [7, 11) is 1.27. The molecular weight excluding hydrogens is 276 g/mol. The molecule has 0 fully saturated rings. The number of hydrogen-bond acceptors (Lipinski definition) is 3. The zero-order valence-electron chi connectivity index (χ0n) is 13.9. The van der Waals surface area contributed by atoms with E-state index in [9.17, 15) is 9.90 Å². The first-order chi connectivity index (χ1) is 10.7. The largest absolute Gasteiger partial charge is 0.467 e. The maximum Gasteiger partial charge on any atom is 0.334 e. The summed E-state index contributed by atoms with van der Waals surface area (Å²) in [6.07, 6.45) is 11.9. The molecule has 0 aliphatic carbocycles. The smallest absolute Gasteiger partial charge is 0.334 e. The van der Waals surface area contributed by atoms with E-state index in [1.807, 2.05) is 6.08 Å². The molecule has 122 valence electrons. The van der Waals surface area contributed by atoms with Crippen molar-refractivity contribution in [1.82, 2.24) is 0 Å². The van der Waals surface area contributed by atoms with Gasteiger partial charge < -0.3 is 9.84 Å². The van der Waals surface area contributed by atoms with Crippen molar-refractivity contribution in [2.45, 2.75) is 70.8 Å². The van der Waals surface area contributed by atoms with Gasteiger partial charge >= 0.3 is 5.97 Å². The van der Waals surface area contributed by atoms with Gasteiger partial charge in [-0.25, -0.2) is 4.79 Å². The van der Waals surface area contributed by atoms with Crippen LogP contribution < -0.4 is 0 Å². The number of methoxy groups -OCH3 is 1. The van der Waals surface area contributed by atoms with Crippen LogP contribution in [0.25, 0.3) is 0 Å². The SMILES string of the molecule is CCCCCC/C=C\C#CC#CCCCCC(O)C(=O)OC. The fourth-order valence-corrected chi connectivity index (χ4v) is 1.82. The van der Waals surface area contributed by atoms with E-state index in [1.54, 1.807) is 0 Å². The summed E-state index contributed by atoms with van der Waals surface area (Å²) in [6, 6.07) is 0. The number of carbonyl (C=O) groups excluding carboxylic acids is 1. The molecule has 0 saturated heterocycles. The second kappa shape index (κ2) is 15.7. The summed E-state index contributed by atoms with van der Waals surface area (Å²) in [5.41, 5.74) is 0. The predicted molar refractivity (Wildman–Crippen MR) is 89.9 cm³/mol. The van der Waals surface area contributed by atoms with Crippen LogP contribution >= 0.6 is 0 Å². The Morgan fingerprint density at radius 1 is 1.18 bits per heavy atom. The van der Waals surface area contributed by atoms with E-state index in [0.29, 0.717) is 6.42 Å². The average Bonchev–Trinajstić information content (AvgIpc) is 2.54. The second-order valence-electron chi connectivity index (χ2n) is 5.11. The zero-order valence-corrected chi connectivity index (χ0v) is 13.9. The summed E-state index contributed by atoms with van der Waals surface area (Å²) >= 11 is 0. The number of rotatable bonds is 10. The molecule has 0 aromatic carbocycles. The van der Waals surface area contributed by atoms with E-state index in [0.717, 1.165) is 25.7 Å². The molecule has 0 radical (unpaired) electrons. The molecule has 3 heteroatoms. The van der Waals surface area contributed by atoms with E-state index in [-0.39, 0.29) is 0 Å². The Kier molecular flexibility index (Phi) is 14.5. The standard InChI is InChI=1S/C19H28O3/c1-3-4-5-6-7-8-9-10-11-12-13-14-15-16-17-18(20)19(21)22-2/h8-9,18,20H,3-7,14-17H2,1-2H3/b9-8-. The van der Waals surface area contributed by atoms with E-state index in [4.69, 9.17) is 0 Å². The number of allylic oxidation sites excluding steroid dienone is 2. The van der Waals surface area contributed by atoms with Crippen molar-refractivity contribution in [1.29, 1.82) is 0 Å². The summed E-state index contributed by atoms with van der Waals surface area (Å²) in [5.74, 6) is 10.9. The molecule has 0 spiro atoms. The van der Waals surface area contributed by atoms with Gasteiger partial charge in [0.2, 0.25) is 0 Å². The van der Waals surface area contributed by atoms with Crippen molar-refractivity contribution in [3.8, 4) is 23.7 Å². The Hall–Kier alpha value is -1.71. The van der Waals surface area contributed by atoms with Crippen LogP contribution in [0.1, 0.15) is 64.7 Å². The minimum atomic E-state index is -1.01. The van der Waals surface area contributed by atoms with Crippen LogP contribution in [0.5, 0.6) is 0 Å². The Labute approximate surface area is 135 Å². The minimum Gasteiger partial charge on any atom is -0.467 e. The summed E-state index contributed by atoms with van der Waals surface area (Å²) in [4.78, 5) is 11.0. The van der Waals surface area contributed by atoms with Crippen LogP contribution in [0, 0.1) is 23.7 Å². The molecule has 22 heavy (non-hydrogen) atoms. The summed E-state index contributed by atoms with van der Waals surface area (Å²) in [5, 5.41) is 9.37. The normalized spacial score (nSPS) is 11.2. The average molecular weight is 304 g/mol. The number of unbranched alkanes of at least 4 members (excludes halogenated alkanes) is 6. The van der Waals surface area contributed by atoms with Gasteiger partial charge in [-0.2, -0.15) is 0 Å². The van der Waals surface area contributed by atoms with Gasteiger partial charge in [0.25, 0.3) is 0 Å². The summed E-state index contributed by atoms with van der Waals surface area (Å²) < 4.78 is 4.44. The van der Waals surface area contributed by atoms with E-state index in [2.05, 4.69) is 41.4 Å². The number of aliphatic hydroxyl groups excluding tert-OH is 1. The van der Waals surface area contributed by atoms with Crippen LogP contribution in [-0.4, -0.2) is 24.3 Å². The highest BCUT2D eigenvalue weighted by Gasteiger charge is 2.13. The molecule has 3 nitrogen and oxygen atoms in total. The highest BCUT2D eigenvalue weighted by atomic mass is 16.5. The van der Waals surface area contributed by atoms with E-state index in [1.165, 1.54) is 32.8 Å². The van der Waals surface area contributed by atoms with Crippen LogP contribution in [0.15, 0.2) is 12.2 Å². The molecule has 0 saturated carbocycles. The van der Waals surface area contributed by atoms with Crippen LogP contribution in [0.3, 0.4) is 0 Å². The molecule has 1 atom stereocenters. The predicted octanol–water partition coefficient (Wildman–Crippen LogP) is 3.61. The lowest BCUT2D eigenvalue weighted by molar-refractivity contribution is -0.150. The lowest BCUT2D eigenvalue weighted by Crippen LogP contribution is -2.21. The molecular formula is C19H28O3. The highest BCUT2D eigenvalue weighted by molar-refractivity contribution is 5.74. The Bertz CT molecular complexity index is 429. The monoisotopic (exact) mass is 304 g/mol. The third-order valence-electron chi connectivity index (χ3n) is 3.15. The lowest BCUT2D eigenvalue weighted by Gasteiger charge is -2.06. The van der Waals surface area contributed by atoms with Gasteiger partial charge in [0.1, 0.15) is 0 Å². The highest BCUT2D eigenvalue weighted by Crippen LogP contribution is 2.04. The van der Waals surface area contributed by atoms with Crippen LogP contribution in [0.2, 0.25) is 0 Å². The minimum absolute atomic E-state index is 0.417. The number of ether oxygens (including phenoxy) is 1. The Balaban J connectivity index is 3.59. The molecule has 1 N–H and O–H groups in total. The molecule has 0 heterocycles. The van der Waals surface area contributed by atoms with Crippen molar-refractivity contribution >= 4 is 5.97 Å². The van der Waals surface area contributed by atoms with Gasteiger partial charge in [0.15, 0.2) is 6.10 Å². The van der Waals surface area contributed by atoms with Crippen molar-refractivity contribution < 1.29 is 14.6 Å². The van der Waals surface area contributed by atoms with Gasteiger partial charge in [-0.3, -0.25) is 0 Å². The maximum absolute atomic E-state index is 11.0. The second-order valence-corrected chi connectivity index (χ2v) is 5.11. The molecule has 0 bridgehead atoms. The number of aliphatic hydroxyl groups is 1. The fourth-order valence-electron chi connectivity index (χ4n) is 1.82. The molecule has 0 rings (SSSR count). The van der Waals surface area contributed by atoms with Crippen molar-refractivity contribution in [3.63, 3.8) is 0 Å². The van der Waals surface area contributed by atoms with Crippen molar-refractivity contribution in [3.05, 3.63) is 12.2 Å². The third-order valence-corrected chi connectivity index (χ3v) is 3.15. The van der Waals surface area contributed by atoms with E-state index < -0.39 is 12.1 Å². The molecule has 0 aromatic rings. The van der Waals surface area contributed by atoms with Gasteiger partial charge in [-0.05, 0) is 50.0 Å². The maximum atomic E-state index is 11.0. The van der Waals surface area contributed by atoms with E-state index >= 15 is 0 Å². The van der Waals surface area contributed by atoms with Crippen LogP contribution in [0.4, 0.5) is 0 Å². The molecule has 1 unspecified atom stereocenters. The summed E-state index contributed by atoms with van der Waals surface area (Å²) in [6.45, 7) is 2.21. The van der Waals surface area contributed by atoms with Crippen molar-refractivity contribution in [2.24, 2.45) is 0 Å². The topological polar surface area (TPSA) is 46.5 Å². The number of carbonyl (C=O) groups is 1. The van der Waals surface area contributed by atoms with Gasteiger partial charge in [0.05, 0.1) is 7.11 Å². The first-order valence-electron chi connectivity index (χ1n) is 8.11. The number of esters is 1. The molecule has 0 aromatic heterocycles. The lowest BCUT2D eigenvalue weighted by atomic mass is 10.1.